The summed E-state index contributed by atoms with van der Waals surface area (Å²) in [6.07, 6.45) is 3.61. The van der Waals surface area contributed by atoms with E-state index in [1.807, 2.05) is 41.4 Å². The van der Waals surface area contributed by atoms with Gasteiger partial charge in [-0.2, -0.15) is 4.39 Å². The van der Waals surface area contributed by atoms with E-state index in [9.17, 15) is 14.5 Å². The molecule has 7 heteroatoms. The first-order valence-corrected chi connectivity index (χ1v) is 8.91. The number of H-pyrrole nitrogens is 1. The van der Waals surface area contributed by atoms with Gasteiger partial charge in [-0.15, -0.1) is 0 Å². The number of nitrogens with zero attached hydrogens (tertiary/aromatic N) is 3. The lowest BCUT2D eigenvalue weighted by atomic mass is 9.96. The molecule has 1 aliphatic heterocycles. The van der Waals surface area contributed by atoms with Gasteiger partial charge in [0.15, 0.2) is 0 Å². The molecule has 2 heterocycles. The van der Waals surface area contributed by atoms with Crippen LogP contribution in [0.4, 0.5) is 15.8 Å². The van der Waals surface area contributed by atoms with E-state index >= 15 is 0 Å². The van der Waals surface area contributed by atoms with E-state index in [1.54, 1.807) is 6.07 Å². The first-order chi connectivity index (χ1) is 13.1. The van der Waals surface area contributed by atoms with Gasteiger partial charge in [0.25, 0.3) is 0 Å². The molecule has 0 saturated carbocycles. The lowest BCUT2D eigenvalue weighted by Crippen LogP contribution is -2.35. The lowest BCUT2D eigenvalue weighted by Gasteiger charge is -2.33. The van der Waals surface area contributed by atoms with E-state index in [0.29, 0.717) is 18.8 Å². The number of nitro benzene ring substituents is 1. The molecule has 2 aromatic carbocycles. The van der Waals surface area contributed by atoms with Gasteiger partial charge in [-0.25, -0.2) is 4.98 Å². The monoisotopic (exact) mass is 366 g/mol. The van der Waals surface area contributed by atoms with Crippen LogP contribution in [0.3, 0.4) is 0 Å². The fraction of sp³-hybridized carbons (Fsp3) is 0.250. The average Bonchev–Trinajstić information content (AvgIpc) is 3.18. The number of imidazole rings is 1. The number of halogens is 1. The smallest absolute Gasteiger partial charge is 0.327 e. The van der Waals surface area contributed by atoms with Gasteiger partial charge in [-0.05, 0) is 30.5 Å². The summed E-state index contributed by atoms with van der Waals surface area (Å²) in [6.45, 7) is 1.22. The maximum Gasteiger partial charge on any atom is 0.327 e. The summed E-state index contributed by atoms with van der Waals surface area (Å²) >= 11 is 0. The molecule has 1 atom stereocenters. The van der Waals surface area contributed by atoms with Crippen molar-refractivity contribution < 1.29 is 9.31 Å². The highest BCUT2D eigenvalue weighted by Gasteiger charge is 2.29. The van der Waals surface area contributed by atoms with Crippen LogP contribution in [0.2, 0.25) is 0 Å². The Morgan fingerprint density at radius 3 is 2.78 bits per heavy atom. The number of nitro groups is 1. The Hall–Kier alpha value is -3.22. The third-order valence-corrected chi connectivity index (χ3v) is 4.98. The molecular weight excluding hydrogens is 347 g/mol. The first kappa shape index (κ1) is 17.2. The molecule has 0 amide bonds. The second-order valence-electron chi connectivity index (χ2n) is 6.70. The summed E-state index contributed by atoms with van der Waals surface area (Å²) in [4.78, 5) is 20.5. The van der Waals surface area contributed by atoms with Crippen LogP contribution in [-0.4, -0.2) is 28.0 Å². The van der Waals surface area contributed by atoms with Crippen LogP contribution in [0.5, 0.6) is 0 Å². The topological polar surface area (TPSA) is 75.1 Å². The van der Waals surface area contributed by atoms with Gasteiger partial charge in [0.1, 0.15) is 11.5 Å². The van der Waals surface area contributed by atoms with Gasteiger partial charge in [-0.1, -0.05) is 36.4 Å². The molecule has 0 aliphatic carbocycles. The first-order valence-electron chi connectivity index (χ1n) is 8.91. The van der Waals surface area contributed by atoms with Gasteiger partial charge in [-0.3, -0.25) is 10.1 Å². The van der Waals surface area contributed by atoms with Crippen molar-refractivity contribution in [1.82, 2.24) is 9.97 Å². The molecule has 1 fully saturated rings. The summed E-state index contributed by atoms with van der Waals surface area (Å²) in [5, 5.41) is 11.3. The Kier molecular flexibility index (Phi) is 4.58. The molecule has 1 aliphatic rings. The third-order valence-electron chi connectivity index (χ3n) is 4.98. The van der Waals surface area contributed by atoms with Gasteiger partial charge in [0, 0.05) is 19.0 Å². The Balaban J connectivity index is 1.59. The highest BCUT2D eigenvalue weighted by Crippen LogP contribution is 2.35. The molecule has 1 unspecified atom stereocenters. The Labute approximate surface area is 155 Å². The van der Waals surface area contributed by atoms with Crippen LogP contribution in [0.15, 0.2) is 54.7 Å². The number of piperidine rings is 1. The van der Waals surface area contributed by atoms with E-state index in [-0.39, 0.29) is 5.92 Å². The number of para-hydroxylation sites is 1. The Morgan fingerprint density at radius 1 is 1.19 bits per heavy atom. The van der Waals surface area contributed by atoms with Crippen LogP contribution in [0.25, 0.3) is 11.3 Å². The third kappa shape index (κ3) is 3.40. The number of aromatic amines is 1. The van der Waals surface area contributed by atoms with Gasteiger partial charge < -0.3 is 9.88 Å². The number of hydrogen-bond donors (Lipinski definition) is 1. The molecule has 6 nitrogen and oxygen atoms in total. The molecule has 1 saturated heterocycles. The minimum atomic E-state index is -0.802. The van der Waals surface area contributed by atoms with Crippen LogP contribution in [0, 0.1) is 15.9 Å². The number of anilines is 1. The van der Waals surface area contributed by atoms with Crippen LogP contribution < -0.4 is 4.90 Å². The van der Waals surface area contributed by atoms with E-state index < -0.39 is 16.4 Å². The van der Waals surface area contributed by atoms with Gasteiger partial charge in [0.05, 0.1) is 16.8 Å². The number of aromatic nitrogens is 2. The average molecular weight is 366 g/mol. The van der Waals surface area contributed by atoms with Crippen LogP contribution in [-0.2, 0) is 0 Å². The molecule has 0 radical (unpaired) electrons. The maximum absolute atomic E-state index is 14.0. The molecule has 1 N–H and O–H groups in total. The fourth-order valence-electron chi connectivity index (χ4n) is 3.67. The zero-order valence-electron chi connectivity index (χ0n) is 14.6. The minimum absolute atomic E-state index is 0.110. The second kappa shape index (κ2) is 7.19. The molecule has 1 aromatic heterocycles. The maximum atomic E-state index is 14.0. The van der Waals surface area contributed by atoms with Crippen molar-refractivity contribution in [3.63, 3.8) is 0 Å². The highest BCUT2D eigenvalue weighted by molar-refractivity contribution is 5.64. The summed E-state index contributed by atoms with van der Waals surface area (Å²) < 4.78 is 14.0. The quantitative estimate of drug-likeness (QED) is 0.545. The van der Waals surface area contributed by atoms with Crippen molar-refractivity contribution in [2.24, 2.45) is 0 Å². The predicted molar refractivity (Wildman–Crippen MR) is 101 cm³/mol. The zero-order chi connectivity index (χ0) is 18.8. The number of nitrogens with one attached hydrogen (secondary N) is 1. The molecular formula is C20H19FN4O2. The van der Waals surface area contributed by atoms with E-state index in [2.05, 4.69) is 9.97 Å². The van der Waals surface area contributed by atoms with Gasteiger partial charge >= 0.3 is 5.69 Å². The van der Waals surface area contributed by atoms with Gasteiger partial charge in [0.2, 0.25) is 5.82 Å². The van der Waals surface area contributed by atoms with Crippen molar-refractivity contribution >= 4 is 11.4 Å². The number of benzene rings is 2. The molecule has 0 spiro atoms. The molecule has 138 valence electrons. The minimum Gasteiger partial charge on any atom is -0.365 e. The van der Waals surface area contributed by atoms with E-state index in [0.717, 1.165) is 36.0 Å². The van der Waals surface area contributed by atoms with Crippen molar-refractivity contribution in [2.45, 2.75) is 18.8 Å². The van der Waals surface area contributed by atoms with Crippen molar-refractivity contribution in [3.8, 4) is 11.3 Å². The normalized spacial score (nSPS) is 17.1. The van der Waals surface area contributed by atoms with E-state index in [4.69, 9.17) is 0 Å². The SMILES string of the molecule is O=[N+]([O-])c1c(F)cccc1N1CCCC(c2ncc(-c3ccccc3)[nH]2)C1. The molecule has 0 bridgehead atoms. The molecule has 3 aromatic rings. The lowest BCUT2D eigenvalue weighted by molar-refractivity contribution is -0.386. The second-order valence-corrected chi connectivity index (χ2v) is 6.70. The largest absolute Gasteiger partial charge is 0.365 e. The summed E-state index contributed by atoms with van der Waals surface area (Å²) in [5.74, 6) is 0.167. The predicted octanol–water partition coefficient (Wildman–Crippen LogP) is 4.51. The summed E-state index contributed by atoms with van der Waals surface area (Å²) in [7, 11) is 0. The van der Waals surface area contributed by atoms with Crippen molar-refractivity contribution in [3.05, 3.63) is 76.5 Å². The van der Waals surface area contributed by atoms with Crippen LogP contribution in [0.1, 0.15) is 24.6 Å². The zero-order valence-corrected chi connectivity index (χ0v) is 14.6. The van der Waals surface area contributed by atoms with Crippen LogP contribution >= 0.6 is 0 Å². The standard InChI is InChI=1S/C20H19FN4O2/c21-16-9-4-10-18(19(16)25(26)27)24-11-5-8-15(13-24)20-22-12-17(23-20)14-6-2-1-3-7-14/h1-4,6-7,9-10,12,15H,5,8,11,13H2,(H,22,23). The Bertz CT molecular complexity index is 958. The summed E-state index contributed by atoms with van der Waals surface area (Å²) in [5.41, 5.74) is 1.88. The molecule has 4 rings (SSSR count). The number of hydrogen-bond acceptors (Lipinski definition) is 4. The highest BCUT2D eigenvalue weighted by atomic mass is 19.1. The van der Waals surface area contributed by atoms with E-state index in [1.165, 1.54) is 6.07 Å². The Morgan fingerprint density at radius 2 is 2.00 bits per heavy atom. The van der Waals surface area contributed by atoms with Crippen molar-refractivity contribution in [2.75, 3.05) is 18.0 Å². The van der Waals surface area contributed by atoms with Crippen molar-refractivity contribution in [1.29, 1.82) is 0 Å². The summed E-state index contributed by atoms with van der Waals surface area (Å²) in [6, 6.07) is 14.2. The fourth-order valence-corrected chi connectivity index (χ4v) is 3.67. The number of rotatable bonds is 4. The molecule has 27 heavy (non-hydrogen) atoms.